The van der Waals surface area contributed by atoms with Gasteiger partial charge in [0.15, 0.2) is 0 Å². The van der Waals surface area contributed by atoms with E-state index in [-0.39, 0.29) is 11.9 Å². The average Bonchev–Trinajstić information content (AvgIpc) is 2.87. The van der Waals surface area contributed by atoms with Crippen LogP contribution >= 0.6 is 0 Å². The molecule has 1 saturated heterocycles. The van der Waals surface area contributed by atoms with E-state index in [0.29, 0.717) is 0 Å². The van der Waals surface area contributed by atoms with Crippen LogP contribution in [0.1, 0.15) is 33.6 Å². The summed E-state index contributed by atoms with van der Waals surface area (Å²) in [6.07, 6.45) is 2.33. The van der Waals surface area contributed by atoms with Crippen molar-refractivity contribution in [3.63, 3.8) is 0 Å². The summed E-state index contributed by atoms with van der Waals surface area (Å²) in [6.45, 7) is 12.3. The summed E-state index contributed by atoms with van der Waals surface area (Å²) >= 11 is 0. The second kappa shape index (κ2) is 7.67. The monoisotopic (exact) mass is 241 g/mol. The van der Waals surface area contributed by atoms with Crippen LogP contribution < -0.4 is 5.32 Å². The van der Waals surface area contributed by atoms with Gasteiger partial charge in [0.25, 0.3) is 0 Å². The molecule has 0 aromatic rings. The molecule has 4 heteroatoms. The number of rotatable bonds is 7. The molecule has 1 atom stereocenters. The van der Waals surface area contributed by atoms with Gasteiger partial charge in [0.2, 0.25) is 5.91 Å². The lowest BCUT2D eigenvalue weighted by Gasteiger charge is -2.23. The Morgan fingerprint density at radius 3 is 2.41 bits per heavy atom. The van der Waals surface area contributed by atoms with Gasteiger partial charge in [-0.05, 0) is 32.9 Å². The zero-order valence-corrected chi connectivity index (χ0v) is 11.5. The van der Waals surface area contributed by atoms with Crippen LogP contribution in [-0.2, 0) is 4.79 Å². The molecule has 0 bridgehead atoms. The third-order valence-corrected chi connectivity index (χ3v) is 3.56. The average molecular weight is 241 g/mol. The summed E-state index contributed by atoms with van der Waals surface area (Å²) in [5.41, 5.74) is 0. The molecule has 1 fully saturated rings. The van der Waals surface area contributed by atoms with E-state index >= 15 is 0 Å². The first kappa shape index (κ1) is 14.5. The fourth-order valence-corrected chi connectivity index (χ4v) is 2.28. The van der Waals surface area contributed by atoms with Crippen LogP contribution in [0.3, 0.4) is 0 Å². The Balaban J connectivity index is 2.19. The van der Waals surface area contributed by atoms with Crippen LogP contribution in [0.15, 0.2) is 0 Å². The van der Waals surface area contributed by atoms with Crippen molar-refractivity contribution in [2.24, 2.45) is 0 Å². The van der Waals surface area contributed by atoms with Crippen LogP contribution in [0.25, 0.3) is 0 Å². The molecule has 0 unspecified atom stereocenters. The lowest BCUT2D eigenvalue weighted by Crippen LogP contribution is -2.45. The summed E-state index contributed by atoms with van der Waals surface area (Å²) in [5.74, 6) is 0.266. The maximum absolute atomic E-state index is 12.0. The molecule has 1 N–H and O–H groups in total. The maximum Gasteiger partial charge on any atom is 0.239 e. The molecule has 1 amide bonds. The Bertz CT molecular complexity index is 223. The summed E-state index contributed by atoms with van der Waals surface area (Å²) in [4.78, 5) is 16.4. The molecule has 1 aliphatic heterocycles. The Morgan fingerprint density at radius 2 is 1.88 bits per heavy atom. The van der Waals surface area contributed by atoms with Crippen molar-refractivity contribution in [2.45, 2.75) is 39.7 Å². The third-order valence-electron chi connectivity index (χ3n) is 3.56. The fraction of sp³-hybridized carbons (Fsp3) is 0.923. The standard InChI is InChI=1S/C13H27N3O/c1-4-15(5-2)11-8-14-12(3)13(17)16-9-6-7-10-16/h12,14H,4-11H2,1-3H3/t12-/m0/s1. The highest BCUT2D eigenvalue weighted by molar-refractivity contribution is 5.81. The lowest BCUT2D eigenvalue weighted by atomic mass is 10.3. The van der Waals surface area contributed by atoms with Crippen LogP contribution in [-0.4, -0.2) is 61.0 Å². The Morgan fingerprint density at radius 1 is 1.29 bits per heavy atom. The number of carbonyl (C=O) groups is 1. The summed E-state index contributed by atoms with van der Waals surface area (Å²) in [5, 5.41) is 3.33. The Hall–Kier alpha value is -0.610. The molecule has 0 saturated carbocycles. The molecular formula is C13H27N3O. The molecule has 0 aromatic carbocycles. The van der Waals surface area contributed by atoms with Gasteiger partial charge in [0.05, 0.1) is 6.04 Å². The Labute approximate surface area is 105 Å². The molecule has 4 nitrogen and oxygen atoms in total. The molecule has 1 aliphatic rings. The summed E-state index contributed by atoms with van der Waals surface area (Å²) < 4.78 is 0. The van der Waals surface area contributed by atoms with E-state index < -0.39 is 0 Å². The van der Waals surface area contributed by atoms with E-state index in [1.807, 2.05) is 11.8 Å². The van der Waals surface area contributed by atoms with Crippen LogP contribution in [0.2, 0.25) is 0 Å². The molecule has 0 radical (unpaired) electrons. The molecule has 1 rings (SSSR count). The van der Waals surface area contributed by atoms with Gasteiger partial charge in [-0.25, -0.2) is 0 Å². The van der Waals surface area contributed by atoms with Gasteiger partial charge >= 0.3 is 0 Å². The Kier molecular flexibility index (Phi) is 6.52. The smallest absolute Gasteiger partial charge is 0.239 e. The van der Waals surface area contributed by atoms with Crippen LogP contribution in [0.4, 0.5) is 0 Å². The first-order chi connectivity index (χ1) is 8.19. The summed E-state index contributed by atoms with van der Waals surface area (Å²) in [7, 11) is 0. The molecule has 17 heavy (non-hydrogen) atoms. The first-order valence-electron chi connectivity index (χ1n) is 6.93. The number of amides is 1. The highest BCUT2D eigenvalue weighted by Gasteiger charge is 2.22. The predicted octanol–water partition coefficient (Wildman–Crippen LogP) is 0.929. The molecule has 0 aromatic heterocycles. The highest BCUT2D eigenvalue weighted by atomic mass is 16.2. The molecular weight excluding hydrogens is 214 g/mol. The third kappa shape index (κ3) is 4.64. The van der Waals surface area contributed by atoms with Crippen molar-refractivity contribution in [3.8, 4) is 0 Å². The molecule has 0 aliphatic carbocycles. The van der Waals surface area contributed by atoms with E-state index in [1.54, 1.807) is 0 Å². The number of likely N-dealkylation sites (N-methyl/N-ethyl adjacent to an activating group) is 1. The predicted molar refractivity (Wildman–Crippen MR) is 71.1 cm³/mol. The second-order valence-electron chi connectivity index (χ2n) is 4.74. The van der Waals surface area contributed by atoms with Gasteiger partial charge < -0.3 is 15.1 Å². The normalized spacial score (nSPS) is 17.8. The number of hydrogen-bond donors (Lipinski definition) is 1. The van der Waals surface area contributed by atoms with Crippen molar-refractivity contribution in [3.05, 3.63) is 0 Å². The molecule has 100 valence electrons. The quantitative estimate of drug-likeness (QED) is 0.720. The minimum atomic E-state index is -0.0383. The van der Waals surface area contributed by atoms with Crippen molar-refractivity contribution < 1.29 is 4.79 Å². The van der Waals surface area contributed by atoms with E-state index in [9.17, 15) is 4.79 Å². The summed E-state index contributed by atoms with van der Waals surface area (Å²) in [6, 6.07) is -0.0383. The molecule has 1 heterocycles. The lowest BCUT2D eigenvalue weighted by molar-refractivity contribution is -0.131. The SMILES string of the molecule is CCN(CC)CCN[C@@H](C)C(=O)N1CCCC1. The fourth-order valence-electron chi connectivity index (χ4n) is 2.28. The number of hydrogen-bond acceptors (Lipinski definition) is 3. The van der Waals surface area contributed by atoms with E-state index in [4.69, 9.17) is 0 Å². The van der Waals surface area contributed by atoms with Crippen molar-refractivity contribution in [1.29, 1.82) is 0 Å². The number of nitrogens with one attached hydrogen (secondary N) is 1. The van der Waals surface area contributed by atoms with Crippen LogP contribution in [0, 0.1) is 0 Å². The first-order valence-corrected chi connectivity index (χ1v) is 6.93. The van der Waals surface area contributed by atoms with Crippen molar-refractivity contribution in [1.82, 2.24) is 15.1 Å². The van der Waals surface area contributed by atoms with E-state index in [2.05, 4.69) is 24.1 Å². The van der Waals surface area contributed by atoms with Gasteiger partial charge in [-0.15, -0.1) is 0 Å². The van der Waals surface area contributed by atoms with Gasteiger partial charge in [-0.3, -0.25) is 4.79 Å². The van der Waals surface area contributed by atoms with E-state index in [0.717, 1.165) is 52.1 Å². The van der Waals surface area contributed by atoms with Crippen molar-refractivity contribution in [2.75, 3.05) is 39.3 Å². The van der Waals surface area contributed by atoms with Crippen molar-refractivity contribution >= 4 is 5.91 Å². The topological polar surface area (TPSA) is 35.6 Å². The van der Waals surface area contributed by atoms with Gasteiger partial charge in [0.1, 0.15) is 0 Å². The number of nitrogens with zero attached hydrogens (tertiary/aromatic N) is 2. The van der Waals surface area contributed by atoms with Gasteiger partial charge in [-0.1, -0.05) is 13.8 Å². The maximum atomic E-state index is 12.0. The largest absolute Gasteiger partial charge is 0.341 e. The van der Waals surface area contributed by atoms with Crippen LogP contribution in [0.5, 0.6) is 0 Å². The van der Waals surface area contributed by atoms with E-state index in [1.165, 1.54) is 0 Å². The van der Waals surface area contributed by atoms with Gasteiger partial charge in [0, 0.05) is 26.2 Å². The zero-order valence-electron chi connectivity index (χ0n) is 11.5. The molecule has 0 spiro atoms. The minimum absolute atomic E-state index is 0.0383. The zero-order chi connectivity index (χ0) is 12.7. The second-order valence-corrected chi connectivity index (χ2v) is 4.74. The van der Waals surface area contributed by atoms with Gasteiger partial charge in [-0.2, -0.15) is 0 Å². The highest BCUT2D eigenvalue weighted by Crippen LogP contribution is 2.08. The number of likely N-dealkylation sites (tertiary alicyclic amines) is 1. The minimum Gasteiger partial charge on any atom is -0.341 e. The number of carbonyl (C=O) groups excluding carboxylic acids is 1.